The highest BCUT2D eigenvalue weighted by Gasteiger charge is 2.50. The first-order valence-electron chi connectivity index (χ1n) is 16.7. The van der Waals surface area contributed by atoms with E-state index in [0.717, 1.165) is 45.4 Å². The predicted molar refractivity (Wildman–Crippen MR) is 185 cm³/mol. The van der Waals surface area contributed by atoms with Crippen molar-refractivity contribution in [3.05, 3.63) is 137 Å². The van der Waals surface area contributed by atoms with Crippen molar-refractivity contribution in [2.45, 2.75) is 63.8 Å². The Kier molecular flexibility index (Phi) is 7.64. The van der Waals surface area contributed by atoms with Crippen molar-refractivity contribution in [3.63, 3.8) is 0 Å². The molecule has 7 rings (SSSR count). The van der Waals surface area contributed by atoms with Crippen LogP contribution in [-0.4, -0.2) is 47.8 Å². The monoisotopic (exact) mass is 611 g/mol. The van der Waals surface area contributed by atoms with E-state index in [1.165, 1.54) is 22.3 Å². The molecule has 0 radical (unpaired) electrons. The summed E-state index contributed by atoms with van der Waals surface area (Å²) in [6, 6.07) is 35.2. The van der Waals surface area contributed by atoms with Gasteiger partial charge in [-0.05, 0) is 88.7 Å². The quantitative estimate of drug-likeness (QED) is 0.239. The number of nitrogens with zero attached hydrogens (tertiary/aromatic N) is 2. The lowest BCUT2D eigenvalue weighted by atomic mass is 9.63. The molecular formula is C41H45N3O2. The first-order chi connectivity index (χ1) is 22.0. The van der Waals surface area contributed by atoms with Gasteiger partial charge >= 0.3 is 0 Å². The van der Waals surface area contributed by atoms with Crippen molar-refractivity contribution in [1.82, 2.24) is 9.80 Å². The summed E-state index contributed by atoms with van der Waals surface area (Å²) in [5, 5.41) is 3.05. The maximum absolute atomic E-state index is 13.6. The molecule has 2 saturated heterocycles. The van der Waals surface area contributed by atoms with Crippen LogP contribution in [0.2, 0.25) is 0 Å². The minimum atomic E-state index is -0.124. The Morgan fingerprint density at radius 2 is 1.22 bits per heavy atom. The molecule has 0 aromatic heterocycles. The number of benzene rings is 4. The summed E-state index contributed by atoms with van der Waals surface area (Å²) in [4.78, 5) is 31.4. The molecule has 2 aliphatic heterocycles. The summed E-state index contributed by atoms with van der Waals surface area (Å²) in [6.07, 6.45) is 3.27. The molecule has 1 spiro atoms. The van der Waals surface area contributed by atoms with Crippen LogP contribution < -0.4 is 5.32 Å². The zero-order chi connectivity index (χ0) is 32.1. The Labute approximate surface area is 273 Å². The van der Waals surface area contributed by atoms with Gasteiger partial charge in [0.25, 0.3) is 11.8 Å². The van der Waals surface area contributed by atoms with E-state index in [-0.39, 0.29) is 34.1 Å². The van der Waals surface area contributed by atoms with Crippen LogP contribution in [0.25, 0.3) is 0 Å². The van der Waals surface area contributed by atoms with Gasteiger partial charge in [-0.25, -0.2) is 0 Å². The predicted octanol–water partition coefficient (Wildman–Crippen LogP) is 8.23. The molecule has 0 atom stereocenters. The van der Waals surface area contributed by atoms with Crippen LogP contribution in [0.5, 0.6) is 0 Å². The minimum Gasteiger partial charge on any atom is -0.338 e. The van der Waals surface area contributed by atoms with Crippen molar-refractivity contribution in [3.8, 4) is 0 Å². The van der Waals surface area contributed by atoms with Crippen LogP contribution in [-0.2, 0) is 10.8 Å². The second kappa shape index (κ2) is 11.5. The smallest absolute Gasteiger partial charge is 0.255 e. The first kappa shape index (κ1) is 30.4. The van der Waals surface area contributed by atoms with Gasteiger partial charge in [-0.15, -0.1) is 0 Å². The number of hydrogen-bond donors (Lipinski definition) is 1. The third-order valence-corrected chi connectivity index (χ3v) is 10.9. The summed E-state index contributed by atoms with van der Waals surface area (Å²) < 4.78 is 0. The van der Waals surface area contributed by atoms with E-state index in [9.17, 15) is 9.59 Å². The number of carbonyl (C=O) groups excluding carboxylic acids is 2. The summed E-state index contributed by atoms with van der Waals surface area (Å²) >= 11 is 0. The van der Waals surface area contributed by atoms with E-state index >= 15 is 0 Å². The Morgan fingerprint density at radius 1 is 0.652 bits per heavy atom. The van der Waals surface area contributed by atoms with Gasteiger partial charge in [-0.3, -0.25) is 14.5 Å². The van der Waals surface area contributed by atoms with Gasteiger partial charge < -0.3 is 10.2 Å². The Hall–Kier alpha value is -4.22. The van der Waals surface area contributed by atoms with Crippen molar-refractivity contribution in [2.24, 2.45) is 5.41 Å². The molecule has 2 fully saturated rings. The Morgan fingerprint density at radius 3 is 1.83 bits per heavy atom. The van der Waals surface area contributed by atoms with E-state index in [2.05, 4.69) is 111 Å². The van der Waals surface area contributed by atoms with E-state index in [0.29, 0.717) is 16.8 Å². The second-order valence-corrected chi connectivity index (χ2v) is 15.2. The highest BCUT2D eigenvalue weighted by Crippen LogP contribution is 2.47. The minimum absolute atomic E-state index is 0.0422. The average molecular weight is 612 g/mol. The molecule has 236 valence electrons. The molecule has 0 unspecified atom stereocenters. The lowest BCUT2D eigenvalue weighted by Crippen LogP contribution is -2.58. The van der Waals surface area contributed by atoms with Gasteiger partial charge in [0.15, 0.2) is 0 Å². The van der Waals surface area contributed by atoms with Crippen LogP contribution >= 0.6 is 0 Å². The number of likely N-dealkylation sites (tertiary alicyclic amines) is 2. The van der Waals surface area contributed by atoms with Gasteiger partial charge in [0.1, 0.15) is 0 Å². The summed E-state index contributed by atoms with van der Waals surface area (Å²) in [5.74, 6) is -0.0585. The van der Waals surface area contributed by atoms with Crippen LogP contribution in [0.3, 0.4) is 0 Å². The molecule has 5 nitrogen and oxygen atoms in total. The van der Waals surface area contributed by atoms with Crippen molar-refractivity contribution >= 4 is 17.5 Å². The molecule has 1 aliphatic carbocycles. The summed E-state index contributed by atoms with van der Waals surface area (Å²) in [5.41, 5.74) is 7.55. The largest absolute Gasteiger partial charge is 0.338 e. The number of nitrogens with one attached hydrogen (secondary N) is 1. The normalized spacial score (nSPS) is 19.5. The van der Waals surface area contributed by atoms with Crippen LogP contribution in [0, 0.1) is 5.41 Å². The maximum Gasteiger partial charge on any atom is 0.255 e. The molecule has 2 amide bonds. The first-order valence-corrected chi connectivity index (χ1v) is 16.7. The number of carbonyl (C=O) groups is 2. The standard InChI is InChI=1S/C41H45N3O2/c1-39(2)21-22-40(3,4)35-25-32(17-20-34(35)39)37(45)42-33-18-15-31(16-19-33)38(46)43-24-23-41(26-43)27-44(28-41)36(29-11-7-5-8-12-29)30-13-9-6-10-14-30/h5-20,25,36H,21-24,26-28H2,1-4H3,(H,42,45). The third kappa shape index (κ3) is 5.66. The lowest BCUT2D eigenvalue weighted by Gasteiger charge is -2.51. The van der Waals surface area contributed by atoms with Gasteiger partial charge in [-0.1, -0.05) is 94.4 Å². The van der Waals surface area contributed by atoms with E-state index in [4.69, 9.17) is 0 Å². The molecule has 46 heavy (non-hydrogen) atoms. The fourth-order valence-electron chi connectivity index (χ4n) is 8.06. The number of amides is 2. The topological polar surface area (TPSA) is 52.7 Å². The van der Waals surface area contributed by atoms with E-state index in [1.807, 2.05) is 35.2 Å². The van der Waals surface area contributed by atoms with Gasteiger partial charge in [-0.2, -0.15) is 0 Å². The molecule has 4 aromatic carbocycles. The van der Waals surface area contributed by atoms with Gasteiger partial charge in [0.2, 0.25) is 0 Å². The number of anilines is 1. The van der Waals surface area contributed by atoms with Crippen LogP contribution in [0.15, 0.2) is 103 Å². The fourth-order valence-corrected chi connectivity index (χ4v) is 8.06. The molecule has 3 aliphatic rings. The average Bonchev–Trinajstić information content (AvgIpc) is 3.50. The highest BCUT2D eigenvalue weighted by molar-refractivity contribution is 6.05. The Balaban J connectivity index is 0.986. The third-order valence-electron chi connectivity index (χ3n) is 10.9. The summed E-state index contributed by atoms with van der Waals surface area (Å²) in [7, 11) is 0. The maximum atomic E-state index is 13.6. The summed E-state index contributed by atoms with van der Waals surface area (Å²) in [6.45, 7) is 12.6. The van der Waals surface area contributed by atoms with Crippen LogP contribution in [0.1, 0.15) is 96.0 Å². The van der Waals surface area contributed by atoms with Crippen molar-refractivity contribution in [2.75, 3.05) is 31.5 Å². The van der Waals surface area contributed by atoms with Gasteiger partial charge in [0, 0.05) is 48.4 Å². The highest BCUT2D eigenvalue weighted by atomic mass is 16.2. The zero-order valence-electron chi connectivity index (χ0n) is 27.6. The lowest BCUT2D eigenvalue weighted by molar-refractivity contribution is -0.0131. The van der Waals surface area contributed by atoms with Crippen molar-refractivity contribution in [1.29, 1.82) is 0 Å². The number of fused-ring (bicyclic) bond motifs is 1. The molecular weight excluding hydrogens is 566 g/mol. The Bertz CT molecular complexity index is 1700. The second-order valence-electron chi connectivity index (χ2n) is 15.2. The van der Waals surface area contributed by atoms with Crippen molar-refractivity contribution < 1.29 is 9.59 Å². The number of hydrogen-bond acceptors (Lipinski definition) is 3. The molecule has 0 bridgehead atoms. The molecule has 2 heterocycles. The fraction of sp³-hybridized carbons (Fsp3) is 0.366. The van der Waals surface area contributed by atoms with E-state index in [1.54, 1.807) is 0 Å². The molecule has 0 saturated carbocycles. The van der Waals surface area contributed by atoms with E-state index < -0.39 is 0 Å². The molecule has 1 N–H and O–H groups in total. The molecule has 5 heteroatoms. The zero-order valence-corrected chi connectivity index (χ0v) is 27.6. The number of rotatable bonds is 6. The molecule has 4 aromatic rings. The SMILES string of the molecule is CC1(C)CCC(C)(C)c2cc(C(=O)Nc3ccc(C(=O)N4CCC5(C4)CN(C(c4ccccc4)c4ccccc4)C5)cc3)ccc21. The van der Waals surface area contributed by atoms with Gasteiger partial charge in [0.05, 0.1) is 6.04 Å². The van der Waals surface area contributed by atoms with Crippen LogP contribution in [0.4, 0.5) is 5.69 Å².